The van der Waals surface area contributed by atoms with Crippen LogP contribution in [0, 0.1) is 0 Å². The predicted octanol–water partition coefficient (Wildman–Crippen LogP) is 3.31. The maximum absolute atomic E-state index is 12.5. The molecule has 1 saturated heterocycles. The summed E-state index contributed by atoms with van der Waals surface area (Å²) in [6.07, 6.45) is -0.00381. The van der Waals surface area contributed by atoms with Gasteiger partial charge in [0.1, 0.15) is 11.9 Å². The Morgan fingerprint density at radius 1 is 1.17 bits per heavy atom. The number of para-hydroxylation sites is 1. The highest BCUT2D eigenvalue weighted by molar-refractivity contribution is 6.32. The van der Waals surface area contributed by atoms with Gasteiger partial charge in [-0.05, 0) is 30.3 Å². The van der Waals surface area contributed by atoms with Crippen LogP contribution < -0.4 is 9.64 Å². The van der Waals surface area contributed by atoms with Crippen LogP contribution >= 0.6 is 11.6 Å². The Morgan fingerprint density at radius 3 is 2.61 bits per heavy atom. The second-order valence-electron chi connectivity index (χ2n) is 5.83. The van der Waals surface area contributed by atoms with E-state index < -0.39 is 0 Å². The Morgan fingerprint density at radius 2 is 1.91 bits per heavy atom. The van der Waals surface area contributed by atoms with E-state index in [0.717, 1.165) is 5.69 Å². The summed E-state index contributed by atoms with van der Waals surface area (Å²) < 4.78 is 5.83. The van der Waals surface area contributed by atoms with Crippen molar-refractivity contribution in [3.63, 3.8) is 0 Å². The van der Waals surface area contributed by atoms with E-state index in [4.69, 9.17) is 16.3 Å². The SMILES string of the molecule is CN(C)c1cccc(C(=O)N2CC(Oc3ccccc3Cl)C2)c1. The Hall–Kier alpha value is -2.20. The number of hydrogen-bond acceptors (Lipinski definition) is 3. The molecule has 0 aliphatic carbocycles. The maximum Gasteiger partial charge on any atom is 0.254 e. The first kappa shape index (κ1) is 15.7. The monoisotopic (exact) mass is 330 g/mol. The molecule has 4 nitrogen and oxygen atoms in total. The standard InChI is InChI=1S/C18H19ClN2O2/c1-20(2)14-7-5-6-13(10-14)18(22)21-11-15(12-21)23-17-9-4-3-8-16(17)19/h3-10,15H,11-12H2,1-2H3. The average Bonchev–Trinajstić information content (AvgIpc) is 2.51. The van der Waals surface area contributed by atoms with Crippen LogP contribution in [0.5, 0.6) is 5.75 Å². The molecule has 0 atom stereocenters. The van der Waals surface area contributed by atoms with E-state index in [1.165, 1.54) is 0 Å². The number of carbonyl (C=O) groups is 1. The third-order valence-corrected chi connectivity index (χ3v) is 4.19. The van der Waals surface area contributed by atoms with Crippen molar-refractivity contribution in [3.05, 3.63) is 59.1 Å². The molecule has 23 heavy (non-hydrogen) atoms. The Kier molecular flexibility index (Phi) is 4.44. The zero-order chi connectivity index (χ0) is 16.4. The number of carbonyl (C=O) groups excluding carboxylic acids is 1. The smallest absolute Gasteiger partial charge is 0.254 e. The van der Waals surface area contributed by atoms with Gasteiger partial charge in [-0.15, -0.1) is 0 Å². The summed E-state index contributed by atoms with van der Waals surface area (Å²) in [6.45, 7) is 1.16. The number of benzene rings is 2. The number of nitrogens with zero attached hydrogens (tertiary/aromatic N) is 2. The van der Waals surface area contributed by atoms with Gasteiger partial charge in [-0.1, -0.05) is 29.8 Å². The van der Waals surface area contributed by atoms with Crippen LogP contribution in [-0.4, -0.2) is 44.1 Å². The van der Waals surface area contributed by atoms with Gasteiger partial charge in [-0.2, -0.15) is 0 Å². The van der Waals surface area contributed by atoms with Gasteiger partial charge >= 0.3 is 0 Å². The number of hydrogen-bond donors (Lipinski definition) is 0. The maximum atomic E-state index is 12.5. The number of halogens is 1. The number of amides is 1. The third-order valence-electron chi connectivity index (χ3n) is 3.88. The van der Waals surface area contributed by atoms with Crippen LogP contribution in [0.4, 0.5) is 5.69 Å². The number of ether oxygens (including phenoxy) is 1. The number of likely N-dealkylation sites (tertiary alicyclic amines) is 1. The highest BCUT2D eigenvalue weighted by Crippen LogP contribution is 2.27. The van der Waals surface area contributed by atoms with E-state index in [0.29, 0.717) is 29.4 Å². The first-order valence-corrected chi connectivity index (χ1v) is 7.90. The molecule has 0 N–H and O–H groups in total. The number of anilines is 1. The normalized spacial score (nSPS) is 14.3. The van der Waals surface area contributed by atoms with Crippen LogP contribution in [-0.2, 0) is 0 Å². The van der Waals surface area contributed by atoms with Gasteiger partial charge in [0.15, 0.2) is 0 Å². The molecule has 0 aromatic heterocycles. The molecule has 0 radical (unpaired) electrons. The lowest BCUT2D eigenvalue weighted by atomic mass is 10.1. The molecule has 1 aliphatic heterocycles. The van der Waals surface area contributed by atoms with Gasteiger partial charge in [0.2, 0.25) is 0 Å². The molecule has 2 aromatic rings. The molecule has 0 bridgehead atoms. The highest BCUT2D eigenvalue weighted by Gasteiger charge is 2.33. The second kappa shape index (κ2) is 6.50. The van der Waals surface area contributed by atoms with Gasteiger partial charge < -0.3 is 14.5 Å². The Balaban J connectivity index is 1.60. The molecule has 1 fully saturated rings. The van der Waals surface area contributed by atoms with Crippen molar-refractivity contribution in [2.75, 3.05) is 32.1 Å². The fourth-order valence-electron chi connectivity index (χ4n) is 2.50. The molecule has 3 rings (SSSR count). The lowest BCUT2D eigenvalue weighted by molar-refractivity contribution is 0.0178. The van der Waals surface area contributed by atoms with E-state index in [2.05, 4.69) is 0 Å². The minimum absolute atomic E-state index is 0.00381. The van der Waals surface area contributed by atoms with Crippen molar-refractivity contribution in [1.82, 2.24) is 4.90 Å². The number of rotatable bonds is 4. The van der Waals surface area contributed by atoms with Crippen LogP contribution in [0.2, 0.25) is 5.02 Å². The molecule has 0 unspecified atom stereocenters. The molecule has 1 heterocycles. The first-order chi connectivity index (χ1) is 11.0. The summed E-state index contributed by atoms with van der Waals surface area (Å²) in [7, 11) is 3.92. The largest absolute Gasteiger partial charge is 0.485 e. The first-order valence-electron chi connectivity index (χ1n) is 7.52. The van der Waals surface area contributed by atoms with Crippen molar-refractivity contribution in [2.24, 2.45) is 0 Å². The summed E-state index contributed by atoms with van der Waals surface area (Å²) in [5, 5.41) is 0.593. The van der Waals surface area contributed by atoms with Crippen molar-refractivity contribution < 1.29 is 9.53 Å². The summed E-state index contributed by atoms with van der Waals surface area (Å²) in [6, 6.07) is 15.0. The fourth-order valence-corrected chi connectivity index (χ4v) is 2.68. The van der Waals surface area contributed by atoms with Crippen LogP contribution in [0.3, 0.4) is 0 Å². The van der Waals surface area contributed by atoms with Gasteiger partial charge in [-0.3, -0.25) is 4.79 Å². The lowest BCUT2D eigenvalue weighted by Gasteiger charge is -2.39. The summed E-state index contributed by atoms with van der Waals surface area (Å²) in [5.74, 6) is 0.702. The van der Waals surface area contributed by atoms with E-state index >= 15 is 0 Å². The van der Waals surface area contributed by atoms with Crippen molar-refractivity contribution in [3.8, 4) is 5.75 Å². The quantitative estimate of drug-likeness (QED) is 0.862. The van der Waals surface area contributed by atoms with Gasteiger partial charge in [0, 0.05) is 25.3 Å². The van der Waals surface area contributed by atoms with E-state index in [-0.39, 0.29) is 12.0 Å². The van der Waals surface area contributed by atoms with Crippen molar-refractivity contribution in [2.45, 2.75) is 6.10 Å². The predicted molar refractivity (Wildman–Crippen MR) is 92.5 cm³/mol. The van der Waals surface area contributed by atoms with Crippen LogP contribution in [0.15, 0.2) is 48.5 Å². The highest BCUT2D eigenvalue weighted by atomic mass is 35.5. The molecule has 120 valence electrons. The van der Waals surface area contributed by atoms with Crippen molar-refractivity contribution >= 4 is 23.2 Å². The average molecular weight is 331 g/mol. The Bertz CT molecular complexity index is 712. The topological polar surface area (TPSA) is 32.8 Å². The van der Waals surface area contributed by atoms with Crippen molar-refractivity contribution in [1.29, 1.82) is 0 Å². The summed E-state index contributed by atoms with van der Waals surface area (Å²) in [5.41, 5.74) is 1.72. The fraction of sp³-hybridized carbons (Fsp3) is 0.278. The van der Waals surface area contributed by atoms with E-state index in [1.54, 1.807) is 11.0 Å². The zero-order valence-electron chi connectivity index (χ0n) is 13.2. The van der Waals surface area contributed by atoms with Gasteiger partial charge in [0.25, 0.3) is 5.91 Å². The summed E-state index contributed by atoms with van der Waals surface area (Å²) >= 11 is 6.08. The minimum Gasteiger partial charge on any atom is -0.485 e. The summed E-state index contributed by atoms with van der Waals surface area (Å²) in [4.78, 5) is 16.3. The van der Waals surface area contributed by atoms with E-state index in [9.17, 15) is 4.79 Å². The van der Waals surface area contributed by atoms with Crippen LogP contribution in [0.25, 0.3) is 0 Å². The zero-order valence-corrected chi connectivity index (χ0v) is 14.0. The molecular formula is C18H19ClN2O2. The minimum atomic E-state index is -0.00381. The molecule has 0 spiro atoms. The molecule has 1 aliphatic rings. The molecule has 0 saturated carbocycles. The third kappa shape index (κ3) is 3.42. The van der Waals surface area contributed by atoms with Gasteiger partial charge in [0.05, 0.1) is 18.1 Å². The van der Waals surface area contributed by atoms with E-state index in [1.807, 2.05) is 61.5 Å². The van der Waals surface area contributed by atoms with Crippen LogP contribution in [0.1, 0.15) is 10.4 Å². The Labute approximate surface area is 141 Å². The van der Waals surface area contributed by atoms with Gasteiger partial charge in [-0.25, -0.2) is 0 Å². The molecular weight excluding hydrogens is 312 g/mol. The lowest BCUT2D eigenvalue weighted by Crippen LogP contribution is -2.56. The second-order valence-corrected chi connectivity index (χ2v) is 6.23. The molecule has 1 amide bonds. The molecule has 2 aromatic carbocycles. The molecule has 5 heteroatoms.